The van der Waals surface area contributed by atoms with Crippen molar-refractivity contribution in [2.75, 3.05) is 0 Å². The van der Waals surface area contributed by atoms with Crippen LogP contribution in [0.5, 0.6) is 5.75 Å². The van der Waals surface area contributed by atoms with Gasteiger partial charge in [0, 0.05) is 30.4 Å². The van der Waals surface area contributed by atoms with Gasteiger partial charge in [-0.1, -0.05) is 29.4 Å². The number of aromatic nitrogens is 2. The predicted molar refractivity (Wildman–Crippen MR) is 106 cm³/mol. The fourth-order valence-corrected chi connectivity index (χ4v) is 3.19. The topological polar surface area (TPSA) is 69.3 Å². The standard InChI is InChI=1S/C22H19F2N3O3/c1-14(12-27-10-9-15-5-2-3-8-20(15)27)25-22(28)19-11-16(30-26-19)13-29-21-17(23)6-4-7-18(21)24/h2-11,14H,12-13H2,1H3,(H,25,28). The molecule has 1 amide bonds. The SMILES string of the molecule is CC(Cn1ccc2ccccc21)NC(=O)c1cc(COc2c(F)cccc2F)on1. The molecule has 0 saturated heterocycles. The molecule has 2 aromatic carbocycles. The van der Waals surface area contributed by atoms with E-state index in [0.717, 1.165) is 23.0 Å². The smallest absolute Gasteiger partial charge is 0.273 e. The normalized spacial score (nSPS) is 12.1. The number of para-hydroxylation sites is 2. The Morgan fingerprint density at radius 1 is 1.17 bits per heavy atom. The highest BCUT2D eigenvalue weighted by Crippen LogP contribution is 2.22. The molecule has 1 atom stereocenters. The third-order valence-electron chi connectivity index (χ3n) is 4.60. The average molecular weight is 411 g/mol. The number of nitrogens with zero attached hydrogens (tertiary/aromatic N) is 2. The third kappa shape index (κ3) is 4.17. The Balaban J connectivity index is 1.35. The zero-order chi connectivity index (χ0) is 21.1. The molecule has 1 N–H and O–H groups in total. The van der Waals surface area contributed by atoms with E-state index in [0.29, 0.717) is 6.54 Å². The highest BCUT2D eigenvalue weighted by atomic mass is 19.1. The molecular weight excluding hydrogens is 392 g/mol. The van der Waals surface area contributed by atoms with Crippen molar-refractivity contribution in [3.8, 4) is 5.75 Å². The number of benzene rings is 2. The summed E-state index contributed by atoms with van der Waals surface area (Å²) in [5.41, 5.74) is 1.15. The lowest BCUT2D eigenvalue weighted by molar-refractivity contribution is 0.0927. The molecule has 30 heavy (non-hydrogen) atoms. The van der Waals surface area contributed by atoms with E-state index < -0.39 is 23.3 Å². The minimum Gasteiger partial charge on any atom is -0.479 e. The number of amides is 1. The summed E-state index contributed by atoms with van der Waals surface area (Å²) in [7, 11) is 0. The highest BCUT2D eigenvalue weighted by Gasteiger charge is 2.17. The Labute approximate surface area is 171 Å². The van der Waals surface area contributed by atoms with Gasteiger partial charge in [0.2, 0.25) is 0 Å². The molecule has 2 aromatic heterocycles. The van der Waals surface area contributed by atoms with Crippen molar-refractivity contribution >= 4 is 16.8 Å². The lowest BCUT2D eigenvalue weighted by Gasteiger charge is -2.14. The molecule has 4 rings (SSSR count). The first kappa shape index (κ1) is 19.6. The van der Waals surface area contributed by atoms with E-state index in [9.17, 15) is 13.6 Å². The number of rotatable bonds is 7. The van der Waals surface area contributed by atoms with Crippen molar-refractivity contribution in [1.82, 2.24) is 15.0 Å². The molecule has 6 nitrogen and oxygen atoms in total. The van der Waals surface area contributed by atoms with Crippen molar-refractivity contribution in [2.24, 2.45) is 0 Å². The zero-order valence-corrected chi connectivity index (χ0v) is 16.1. The second-order valence-electron chi connectivity index (χ2n) is 6.92. The highest BCUT2D eigenvalue weighted by molar-refractivity contribution is 5.92. The first-order chi connectivity index (χ1) is 14.5. The van der Waals surface area contributed by atoms with Crippen molar-refractivity contribution in [3.63, 3.8) is 0 Å². The minimum absolute atomic E-state index is 0.0619. The third-order valence-corrected chi connectivity index (χ3v) is 4.60. The molecule has 0 radical (unpaired) electrons. The summed E-state index contributed by atoms with van der Waals surface area (Å²) in [6, 6.07) is 14.6. The first-order valence-corrected chi connectivity index (χ1v) is 9.38. The summed E-state index contributed by atoms with van der Waals surface area (Å²) in [6.07, 6.45) is 1.97. The van der Waals surface area contributed by atoms with Gasteiger partial charge in [-0.05, 0) is 36.6 Å². The Kier molecular flexibility index (Phi) is 5.47. The Morgan fingerprint density at radius 2 is 1.93 bits per heavy atom. The number of hydrogen-bond donors (Lipinski definition) is 1. The quantitative estimate of drug-likeness (QED) is 0.492. The van der Waals surface area contributed by atoms with Gasteiger partial charge in [0.1, 0.15) is 6.61 Å². The van der Waals surface area contributed by atoms with E-state index in [2.05, 4.69) is 15.0 Å². The van der Waals surface area contributed by atoms with Crippen LogP contribution in [-0.4, -0.2) is 21.7 Å². The molecule has 2 heterocycles. The maximum absolute atomic E-state index is 13.6. The van der Waals surface area contributed by atoms with Crippen LogP contribution in [-0.2, 0) is 13.2 Å². The van der Waals surface area contributed by atoms with E-state index in [1.807, 2.05) is 43.5 Å². The summed E-state index contributed by atoms with van der Waals surface area (Å²) in [5.74, 6) is -2.39. The molecule has 0 bridgehead atoms. The minimum atomic E-state index is -0.821. The number of halogens is 2. The number of carbonyl (C=O) groups excluding carboxylic acids is 1. The van der Waals surface area contributed by atoms with Crippen LogP contribution < -0.4 is 10.1 Å². The van der Waals surface area contributed by atoms with Gasteiger partial charge in [-0.25, -0.2) is 8.78 Å². The van der Waals surface area contributed by atoms with Gasteiger partial charge < -0.3 is 19.1 Å². The molecule has 154 valence electrons. The largest absolute Gasteiger partial charge is 0.479 e. The molecule has 1 unspecified atom stereocenters. The number of nitrogens with one attached hydrogen (secondary N) is 1. The van der Waals surface area contributed by atoms with Crippen molar-refractivity contribution in [1.29, 1.82) is 0 Å². The predicted octanol–water partition coefficient (Wildman–Crippen LogP) is 4.31. The first-order valence-electron chi connectivity index (χ1n) is 9.38. The molecule has 0 aliphatic rings. The van der Waals surface area contributed by atoms with E-state index in [-0.39, 0.29) is 24.1 Å². The van der Waals surface area contributed by atoms with Gasteiger partial charge in [0.15, 0.2) is 28.8 Å². The summed E-state index contributed by atoms with van der Waals surface area (Å²) < 4.78 is 39.4. The van der Waals surface area contributed by atoms with Crippen LogP contribution in [0.3, 0.4) is 0 Å². The molecule has 4 aromatic rings. The van der Waals surface area contributed by atoms with Gasteiger partial charge in [0.05, 0.1) is 0 Å². The molecular formula is C22H19F2N3O3. The van der Waals surface area contributed by atoms with E-state index in [1.165, 1.54) is 12.1 Å². The number of hydrogen-bond acceptors (Lipinski definition) is 4. The average Bonchev–Trinajstić information content (AvgIpc) is 3.35. The summed E-state index contributed by atoms with van der Waals surface area (Å²) in [6.45, 7) is 2.21. The van der Waals surface area contributed by atoms with Crippen LogP contribution in [0.1, 0.15) is 23.2 Å². The maximum atomic E-state index is 13.6. The van der Waals surface area contributed by atoms with E-state index >= 15 is 0 Å². The molecule has 0 fully saturated rings. The molecule has 0 spiro atoms. The Hall–Kier alpha value is -3.68. The fourth-order valence-electron chi connectivity index (χ4n) is 3.19. The van der Waals surface area contributed by atoms with Gasteiger partial charge in [-0.3, -0.25) is 4.79 Å². The van der Waals surface area contributed by atoms with Crippen LogP contribution in [0.4, 0.5) is 8.78 Å². The van der Waals surface area contributed by atoms with Crippen LogP contribution >= 0.6 is 0 Å². The van der Waals surface area contributed by atoms with Crippen molar-refractivity contribution < 1.29 is 22.8 Å². The second kappa shape index (κ2) is 8.36. The maximum Gasteiger partial charge on any atom is 0.273 e. The van der Waals surface area contributed by atoms with Crippen LogP contribution in [0.2, 0.25) is 0 Å². The monoisotopic (exact) mass is 411 g/mol. The van der Waals surface area contributed by atoms with Gasteiger partial charge in [-0.15, -0.1) is 0 Å². The van der Waals surface area contributed by atoms with E-state index in [4.69, 9.17) is 9.26 Å². The summed E-state index contributed by atoms with van der Waals surface area (Å²) in [4.78, 5) is 12.4. The summed E-state index contributed by atoms with van der Waals surface area (Å²) in [5, 5.41) is 7.70. The molecule has 0 aliphatic heterocycles. The van der Waals surface area contributed by atoms with Crippen LogP contribution in [0.15, 0.2) is 65.3 Å². The second-order valence-corrected chi connectivity index (χ2v) is 6.92. The molecule has 0 saturated carbocycles. The molecule has 8 heteroatoms. The zero-order valence-electron chi connectivity index (χ0n) is 16.1. The summed E-state index contributed by atoms with van der Waals surface area (Å²) >= 11 is 0. The van der Waals surface area contributed by atoms with Crippen LogP contribution in [0.25, 0.3) is 10.9 Å². The van der Waals surface area contributed by atoms with E-state index in [1.54, 1.807) is 0 Å². The lowest BCUT2D eigenvalue weighted by atomic mass is 10.2. The van der Waals surface area contributed by atoms with Crippen LogP contribution in [0, 0.1) is 11.6 Å². The van der Waals surface area contributed by atoms with Gasteiger partial charge in [-0.2, -0.15) is 0 Å². The lowest BCUT2D eigenvalue weighted by Crippen LogP contribution is -2.35. The van der Waals surface area contributed by atoms with Gasteiger partial charge in [0.25, 0.3) is 5.91 Å². The van der Waals surface area contributed by atoms with Gasteiger partial charge >= 0.3 is 0 Å². The number of fused-ring (bicyclic) bond motifs is 1. The number of carbonyl (C=O) groups is 1. The van der Waals surface area contributed by atoms with Crippen molar-refractivity contribution in [3.05, 3.63) is 83.9 Å². The van der Waals surface area contributed by atoms with Crippen molar-refractivity contribution in [2.45, 2.75) is 26.1 Å². The number of ether oxygens (including phenoxy) is 1. The fraction of sp³-hybridized carbons (Fsp3) is 0.182. The molecule has 0 aliphatic carbocycles. The Morgan fingerprint density at radius 3 is 2.73 bits per heavy atom. The Bertz CT molecular complexity index is 1170.